The smallest absolute Gasteiger partial charge is 0.251 e. The molecule has 1 N–H and O–H groups in total. The van der Waals surface area contributed by atoms with Gasteiger partial charge in [0.25, 0.3) is 5.91 Å². The minimum absolute atomic E-state index is 0.132. The van der Waals surface area contributed by atoms with E-state index < -0.39 is 0 Å². The van der Waals surface area contributed by atoms with E-state index in [4.69, 9.17) is 11.6 Å². The molecule has 0 spiro atoms. The van der Waals surface area contributed by atoms with Crippen molar-refractivity contribution in [2.75, 3.05) is 0 Å². The van der Waals surface area contributed by atoms with Crippen LogP contribution in [0.5, 0.6) is 0 Å². The van der Waals surface area contributed by atoms with E-state index in [1.165, 1.54) is 6.08 Å². The van der Waals surface area contributed by atoms with Gasteiger partial charge in [-0.15, -0.1) is 0 Å². The molecule has 2 nitrogen and oxygen atoms in total. The van der Waals surface area contributed by atoms with Gasteiger partial charge in [0.2, 0.25) is 0 Å². The molecule has 0 aliphatic carbocycles. The lowest BCUT2D eigenvalue weighted by Gasteiger charge is -2.21. The van der Waals surface area contributed by atoms with E-state index in [-0.39, 0.29) is 17.9 Å². The number of hydrogen-bond acceptors (Lipinski definition) is 1. The molecule has 20 heavy (non-hydrogen) atoms. The molecule has 2 unspecified atom stereocenters. The Bertz CT molecular complexity index is 399. The van der Waals surface area contributed by atoms with Gasteiger partial charge in [0.1, 0.15) is 0 Å². The average Bonchev–Trinajstić information content (AvgIpc) is 2.41. The molecule has 0 aromatic carbocycles. The summed E-state index contributed by atoms with van der Waals surface area (Å²) in [6.07, 6.45) is 5.97. The van der Waals surface area contributed by atoms with Gasteiger partial charge in [0.05, 0.1) is 6.33 Å². The summed E-state index contributed by atoms with van der Waals surface area (Å²) >= 11 is 6.08. The maximum absolute atomic E-state index is 12.2. The minimum atomic E-state index is -0.253. The third-order valence-electron chi connectivity index (χ3n) is 3.22. The van der Waals surface area contributed by atoms with Gasteiger partial charge >= 0.3 is 0 Å². The number of hydrogen-bond donors (Lipinski definition) is 1. The van der Waals surface area contributed by atoms with Crippen molar-refractivity contribution in [2.24, 2.45) is 11.8 Å². The molecule has 0 radical (unpaired) electrons. The van der Waals surface area contributed by atoms with Crippen molar-refractivity contribution < 1.29 is 9.18 Å². The molecule has 2 atom stereocenters. The molecule has 0 aliphatic heterocycles. The summed E-state index contributed by atoms with van der Waals surface area (Å²) in [5.41, 5.74) is 0.494. The van der Waals surface area contributed by atoms with Crippen LogP contribution < -0.4 is 5.32 Å². The van der Waals surface area contributed by atoms with Gasteiger partial charge in [0, 0.05) is 22.6 Å². The van der Waals surface area contributed by atoms with Crippen LogP contribution in [0.25, 0.3) is 0 Å². The zero-order valence-electron chi connectivity index (χ0n) is 12.9. The lowest BCUT2D eigenvalue weighted by Crippen LogP contribution is -2.38. The van der Waals surface area contributed by atoms with Crippen LogP contribution in [0.2, 0.25) is 0 Å². The Hall–Kier alpha value is -1.09. The molecule has 0 fully saturated rings. The molecule has 0 aliphatic rings. The second-order valence-corrected chi connectivity index (χ2v) is 5.55. The third-order valence-corrected chi connectivity index (χ3v) is 3.68. The Morgan fingerprint density at radius 1 is 1.35 bits per heavy atom. The van der Waals surface area contributed by atoms with Crippen molar-refractivity contribution in [1.29, 1.82) is 0 Å². The Morgan fingerprint density at radius 2 is 1.95 bits per heavy atom. The molecule has 0 saturated carbocycles. The summed E-state index contributed by atoms with van der Waals surface area (Å²) in [7, 11) is 0. The highest BCUT2D eigenvalue weighted by molar-refractivity contribution is 6.30. The van der Waals surface area contributed by atoms with Crippen molar-refractivity contribution in [3.63, 3.8) is 0 Å². The van der Waals surface area contributed by atoms with Crippen molar-refractivity contribution in [1.82, 2.24) is 5.32 Å². The maximum Gasteiger partial charge on any atom is 0.251 e. The summed E-state index contributed by atoms with van der Waals surface area (Å²) < 4.78 is 12.1. The Kier molecular flexibility index (Phi) is 9.23. The van der Waals surface area contributed by atoms with E-state index in [0.717, 1.165) is 6.42 Å². The summed E-state index contributed by atoms with van der Waals surface area (Å²) in [5.74, 6) is -0.0333. The summed E-state index contributed by atoms with van der Waals surface area (Å²) in [6, 6.07) is 0.132. The molecule has 0 aromatic rings. The second-order valence-electron chi connectivity index (χ2n) is 5.11. The van der Waals surface area contributed by atoms with E-state index >= 15 is 0 Å². The van der Waals surface area contributed by atoms with Crippen LogP contribution in [0, 0.1) is 11.8 Å². The SMILES string of the molecule is C/C=C(\C=C(\Cl)C(C)/C=C/F)C(=O)NC(CC)C(C)C. The van der Waals surface area contributed by atoms with E-state index in [0.29, 0.717) is 22.9 Å². The molecule has 0 aromatic heterocycles. The Balaban J connectivity index is 4.94. The zero-order chi connectivity index (χ0) is 15.7. The zero-order valence-corrected chi connectivity index (χ0v) is 13.7. The van der Waals surface area contributed by atoms with E-state index in [9.17, 15) is 9.18 Å². The highest BCUT2D eigenvalue weighted by Crippen LogP contribution is 2.19. The lowest BCUT2D eigenvalue weighted by molar-refractivity contribution is -0.118. The first-order valence-corrected chi connectivity index (χ1v) is 7.36. The molecule has 0 heterocycles. The van der Waals surface area contributed by atoms with Gasteiger partial charge < -0.3 is 5.32 Å². The first kappa shape index (κ1) is 18.9. The molecule has 4 heteroatoms. The molecule has 0 rings (SSSR count). The van der Waals surface area contributed by atoms with Crippen LogP contribution in [-0.2, 0) is 4.79 Å². The number of amides is 1. The van der Waals surface area contributed by atoms with Crippen LogP contribution in [0.15, 0.2) is 35.2 Å². The standard InChI is InChI=1S/C16H25ClFNO/c1-6-13(10-14(17)12(5)8-9-18)16(20)19-15(7-2)11(3)4/h6,8-12,15H,7H2,1-5H3,(H,19,20)/b9-8+,13-6+,14-10+. The summed E-state index contributed by atoms with van der Waals surface area (Å²) in [5, 5.41) is 3.42. The maximum atomic E-state index is 12.2. The number of allylic oxidation sites excluding steroid dienone is 3. The van der Waals surface area contributed by atoms with E-state index in [2.05, 4.69) is 19.2 Å². The van der Waals surface area contributed by atoms with Crippen LogP contribution in [-0.4, -0.2) is 11.9 Å². The average molecular weight is 302 g/mol. The Labute approximate surface area is 126 Å². The molecule has 0 bridgehead atoms. The number of rotatable bonds is 7. The van der Waals surface area contributed by atoms with Crippen molar-refractivity contribution in [3.05, 3.63) is 35.2 Å². The third kappa shape index (κ3) is 6.38. The summed E-state index contributed by atoms with van der Waals surface area (Å²) in [4.78, 5) is 12.2. The number of halogens is 2. The van der Waals surface area contributed by atoms with Crippen LogP contribution >= 0.6 is 11.6 Å². The Morgan fingerprint density at radius 3 is 2.35 bits per heavy atom. The fourth-order valence-electron chi connectivity index (χ4n) is 1.75. The van der Waals surface area contributed by atoms with Gasteiger partial charge in [-0.25, -0.2) is 4.39 Å². The first-order chi connectivity index (χ1) is 9.37. The molecular weight excluding hydrogens is 277 g/mol. The normalized spacial score (nSPS) is 16.6. The van der Waals surface area contributed by atoms with Crippen molar-refractivity contribution >= 4 is 17.5 Å². The van der Waals surface area contributed by atoms with Crippen molar-refractivity contribution in [3.8, 4) is 0 Å². The fraction of sp³-hybridized carbons (Fsp3) is 0.562. The highest BCUT2D eigenvalue weighted by atomic mass is 35.5. The molecule has 1 amide bonds. The van der Waals surface area contributed by atoms with Crippen LogP contribution in [0.4, 0.5) is 4.39 Å². The minimum Gasteiger partial charge on any atom is -0.349 e. The van der Waals surface area contributed by atoms with Gasteiger partial charge in [-0.2, -0.15) is 0 Å². The molecule has 0 saturated heterocycles. The lowest BCUT2D eigenvalue weighted by atomic mass is 10.0. The van der Waals surface area contributed by atoms with Gasteiger partial charge in [-0.1, -0.05) is 45.4 Å². The topological polar surface area (TPSA) is 29.1 Å². The first-order valence-electron chi connectivity index (χ1n) is 6.98. The quantitative estimate of drug-likeness (QED) is 0.535. The number of nitrogens with one attached hydrogen (secondary N) is 1. The van der Waals surface area contributed by atoms with Crippen LogP contribution in [0.3, 0.4) is 0 Å². The number of carbonyl (C=O) groups excluding carboxylic acids is 1. The second kappa shape index (κ2) is 9.76. The highest BCUT2D eigenvalue weighted by Gasteiger charge is 2.16. The summed E-state index contributed by atoms with van der Waals surface area (Å²) in [6.45, 7) is 9.73. The molecule has 114 valence electrons. The fourth-order valence-corrected chi connectivity index (χ4v) is 1.94. The van der Waals surface area contributed by atoms with Gasteiger partial charge in [-0.05, 0) is 31.4 Å². The van der Waals surface area contributed by atoms with Gasteiger partial charge in [-0.3, -0.25) is 4.79 Å². The predicted molar refractivity (Wildman–Crippen MR) is 84.2 cm³/mol. The van der Waals surface area contributed by atoms with E-state index in [1.54, 1.807) is 26.0 Å². The van der Waals surface area contributed by atoms with Crippen molar-refractivity contribution in [2.45, 2.75) is 47.1 Å². The van der Waals surface area contributed by atoms with Gasteiger partial charge in [0.15, 0.2) is 0 Å². The predicted octanol–water partition coefficient (Wildman–Crippen LogP) is 4.73. The van der Waals surface area contributed by atoms with E-state index in [1.807, 2.05) is 6.92 Å². The monoisotopic (exact) mass is 301 g/mol. The largest absolute Gasteiger partial charge is 0.349 e. The molecular formula is C16H25ClFNO. The number of carbonyl (C=O) groups is 1. The van der Waals surface area contributed by atoms with Crippen LogP contribution in [0.1, 0.15) is 41.0 Å².